The Morgan fingerprint density at radius 2 is 1.01 bits per heavy atom. The van der Waals surface area contributed by atoms with Crippen molar-refractivity contribution in [2.45, 2.75) is 112 Å². The molecule has 3 heterocycles. The van der Waals surface area contributed by atoms with Crippen LogP contribution in [0.4, 0.5) is 11.4 Å². The van der Waals surface area contributed by atoms with Gasteiger partial charge in [-0.1, -0.05) is 205 Å². The molecule has 0 bridgehead atoms. The van der Waals surface area contributed by atoms with Crippen LogP contribution in [-0.4, -0.2) is 16.2 Å². The maximum absolute atomic E-state index is 7.37. The molecule has 0 unspecified atom stereocenters. The zero-order valence-electron chi connectivity index (χ0n) is 45.3. The molecule has 7 aromatic carbocycles. The predicted molar refractivity (Wildman–Crippen MR) is 309 cm³/mol. The Kier molecular flexibility index (Phi) is 12.3. The third kappa shape index (κ3) is 9.47. The van der Waals surface area contributed by atoms with Crippen molar-refractivity contribution < 1.29 is 4.74 Å². The summed E-state index contributed by atoms with van der Waals surface area (Å²) < 4.78 is 9.72. The standard InChI is InChI=1S/C68H72N4O/c1-64(2,3)51-35-47(46-25-17-14-18-26-46)36-53(37-51)70-44-61(66(7,8)9)71(45-70)54-38-52(65(4,5)6)39-55(41-54)73-56-42-58(68(12,13)49-29-21-16-22-30-49)63-57-31-23-24-32-59(57)72(60(63)43-56)62-40-50(33-34-69-62)67(10,11)48-27-19-15-20-28-48/h14-44H,45H2,1-13H3. The summed E-state index contributed by atoms with van der Waals surface area (Å²) >= 11 is 0. The minimum absolute atomic E-state index is 0.0316. The van der Waals surface area contributed by atoms with Gasteiger partial charge in [0.25, 0.3) is 0 Å². The highest BCUT2D eigenvalue weighted by atomic mass is 16.5. The molecule has 10 rings (SSSR count). The van der Waals surface area contributed by atoms with Crippen molar-refractivity contribution in [2.75, 3.05) is 16.5 Å². The van der Waals surface area contributed by atoms with E-state index >= 15 is 0 Å². The van der Waals surface area contributed by atoms with Crippen molar-refractivity contribution in [3.8, 4) is 28.4 Å². The van der Waals surface area contributed by atoms with Crippen LogP contribution >= 0.6 is 0 Å². The smallest absolute Gasteiger partial charge is 0.137 e. The van der Waals surface area contributed by atoms with Crippen LogP contribution in [0.5, 0.6) is 11.5 Å². The summed E-state index contributed by atoms with van der Waals surface area (Å²) in [7, 11) is 0. The monoisotopic (exact) mass is 961 g/mol. The molecule has 370 valence electrons. The molecule has 2 aromatic heterocycles. The Morgan fingerprint density at radius 3 is 1.66 bits per heavy atom. The fourth-order valence-corrected chi connectivity index (χ4v) is 10.7. The molecule has 73 heavy (non-hydrogen) atoms. The van der Waals surface area contributed by atoms with Crippen LogP contribution in [0.15, 0.2) is 194 Å². The van der Waals surface area contributed by atoms with E-state index < -0.39 is 5.41 Å². The molecule has 0 N–H and O–H groups in total. The first kappa shape index (κ1) is 49.2. The lowest BCUT2D eigenvalue weighted by molar-refractivity contribution is 0.475. The molecule has 0 spiro atoms. The molecule has 0 radical (unpaired) electrons. The zero-order valence-corrected chi connectivity index (χ0v) is 45.3. The number of hydrogen-bond acceptors (Lipinski definition) is 4. The molecule has 0 fully saturated rings. The van der Waals surface area contributed by atoms with Crippen molar-refractivity contribution in [2.24, 2.45) is 5.41 Å². The second-order valence-corrected chi connectivity index (χ2v) is 24.4. The summed E-state index contributed by atoms with van der Waals surface area (Å²) in [5, 5.41) is 2.37. The van der Waals surface area contributed by atoms with E-state index in [1.165, 1.54) is 66.7 Å². The van der Waals surface area contributed by atoms with Crippen LogP contribution in [0.3, 0.4) is 0 Å². The van der Waals surface area contributed by atoms with Crippen molar-refractivity contribution in [3.63, 3.8) is 0 Å². The molecule has 9 aromatic rings. The summed E-state index contributed by atoms with van der Waals surface area (Å²) in [6.45, 7) is 30.7. The van der Waals surface area contributed by atoms with Gasteiger partial charge < -0.3 is 14.5 Å². The second-order valence-electron chi connectivity index (χ2n) is 24.4. The van der Waals surface area contributed by atoms with E-state index in [9.17, 15) is 0 Å². The van der Waals surface area contributed by atoms with Crippen LogP contribution in [0.1, 0.15) is 123 Å². The zero-order chi connectivity index (χ0) is 51.7. The van der Waals surface area contributed by atoms with Crippen molar-refractivity contribution in [3.05, 3.63) is 227 Å². The molecule has 0 aliphatic carbocycles. The number of rotatable bonds is 10. The Bertz CT molecular complexity index is 3510. The Hall–Kier alpha value is -7.37. The van der Waals surface area contributed by atoms with Gasteiger partial charge in [0.05, 0.1) is 17.7 Å². The predicted octanol–water partition coefficient (Wildman–Crippen LogP) is 18.1. The fourth-order valence-electron chi connectivity index (χ4n) is 10.7. The number of benzene rings is 7. The van der Waals surface area contributed by atoms with E-state index in [2.05, 4.69) is 287 Å². The molecule has 0 atom stereocenters. The van der Waals surface area contributed by atoms with Gasteiger partial charge in [-0.25, -0.2) is 4.98 Å². The molecule has 1 aliphatic heterocycles. The van der Waals surface area contributed by atoms with Gasteiger partial charge in [-0.3, -0.25) is 4.57 Å². The first-order chi connectivity index (χ1) is 34.6. The number of para-hydroxylation sites is 1. The maximum atomic E-state index is 7.37. The highest BCUT2D eigenvalue weighted by Crippen LogP contribution is 2.47. The van der Waals surface area contributed by atoms with E-state index in [1.54, 1.807) is 0 Å². The van der Waals surface area contributed by atoms with E-state index in [-0.39, 0.29) is 21.7 Å². The largest absolute Gasteiger partial charge is 0.457 e. The van der Waals surface area contributed by atoms with Gasteiger partial charge in [-0.2, -0.15) is 0 Å². The topological polar surface area (TPSA) is 33.5 Å². The minimum atomic E-state index is -0.396. The van der Waals surface area contributed by atoms with Crippen molar-refractivity contribution in [1.82, 2.24) is 9.55 Å². The van der Waals surface area contributed by atoms with Gasteiger partial charge >= 0.3 is 0 Å². The van der Waals surface area contributed by atoms with Gasteiger partial charge in [-0.15, -0.1) is 0 Å². The Labute approximate surface area is 434 Å². The maximum Gasteiger partial charge on any atom is 0.137 e. The SMILES string of the molecule is CC(C)(C)C1=CN(c2cc(-c3ccccc3)cc(C(C)(C)C)c2)CN1c1cc(Oc2cc(C(C)(C)c3ccccc3)c3c4ccccc4n(-c4cc(C(C)(C)c5ccccc5)ccn4)c3c2)cc(C(C)(C)C)c1. The number of ether oxygens (including phenoxy) is 1. The van der Waals surface area contributed by atoms with Crippen LogP contribution in [0.25, 0.3) is 38.8 Å². The van der Waals surface area contributed by atoms with Crippen molar-refractivity contribution >= 4 is 33.2 Å². The van der Waals surface area contributed by atoms with Crippen LogP contribution in [0.2, 0.25) is 0 Å². The molecule has 1 aliphatic rings. The normalized spacial score (nSPS) is 13.8. The second kappa shape index (κ2) is 18.3. The Morgan fingerprint density at radius 1 is 0.438 bits per heavy atom. The van der Waals surface area contributed by atoms with Gasteiger partial charge in [0.2, 0.25) is 0 Å². The summed E-state index contributed by atoms with van der Waals surface area (Å²) in [6.07, 6.45) is 4.34. The van der Waals surface area contributed by atoms with E-state index in [4.69, 9.17) is 9.72 Å². The first-order valence-electron chi connectivity index (χ1n) is 26.0. The number of pyridine rings is 1. The lowest BCUT2D eigenvalue weighted by Gasteiger charge is -2.32. The van der Waals surface area contributed by atoms with Gasteiger partial charge in [-0.05, 0) is 104 Å². The molecule has 0 saturated heterocycles. The number of hydrogen-bond donors (Lipinski definition) is 0. The van der Waals surface area contributed by atoms with Crippen molar-refractivity contribution in [1.29, 1.82) is 0 Å². The number of anilines is 2. The summed E-state index contributed by atoms with van der Waals surface area (Å²) in [5.74, 6) is 2.44. The molecule has 5 heteroatoms. The minimum Gasteiger partial charge on any atom is -0.457 e. The highest BCUT2D eigenvalue weighted by molar-refractivity contribution is 6.12. The summed E-state index contributed by atoms with van der Waals surface area (Å²) in [4.78, 5) is 10.1. The quantitative estimate of drug-likeness (QED) is 0.137. The Balaban J connectivity index is 1.13. The highest BCUT2D eigenvalue weighted by Gasteiger charge is 2.34. The lowest BCUT2D eigenvalue weighted by Crippen LogP contribution is -2.31. The first-order valence-corrected chi connectivity index (χ1v) is 26.0. The molecule has 0 saturated carbocycles. The number of allylic oxidation sites excluding steroid dienone is 1. The number of aromatic nitrogens is 2. The van der Waals surface area contributed by atoms with Gasteiger partial charge in [0, 0.05) is 68.6 Å². The van der Waals surface area contributed by atoms with Crippen LogP contribution < -0.4 is 14.5 Å². The average molecular weight is 961 g/mol. The molecule has 0 amide bonds. The van der Waals surface area contributed by atoms with Gasteiger partial charge in [0.15, 0.2) is 0 Å². The summed E-state index contributed by atoms with van der Waals surface area (Å²) in [6, 6.07) is 64.1. The fraction of sp³-hybridized carbons (Fsp3) is 0.279. The molecular weight excluding hydrogens is 889 g/mol. The number of nitrogens with zero attached hydrogens (tertiary/aromatic N) is 4. The van der Waals surface area contributed by atoms with Crippen LogP contribution in [-0.2, 0) is 21.7 Å². The van der Waals surface area contributed by atoms with Gasteiger partial charge in [0.1, 0.15) is 17.3 Å². The van der Waals surface area contributed by atoms with E-state index in [0.29, 0.717) is 6.67 Å². The average Bonchev–Trinajstić information content (AvgIpc) is 3.98. The third-order valence-corrected chi connectivity index (χ3v) is 15.3. The van der Waals surface area contributed by atoms with Crippen LogP contribution in [0, 0.1) is 5.41 Å². The molecule has 5 nitrogen and oxygen atoms in total. The molecular formula is C68H72N4O. The number of fused-ring (bicyclic) bond motifs is 3. The summed E-state index contributed by atoms with van der Waals surface area (Å²) in [5.41, 5.74) is 14.5. The third-order valence-electron chi connectivity index (χ3n) is 15.3. The lowest BCUT2D eigenvalue weighted by atomic mass is 9.76. The van der Waals surface area contributed by atoms with E-state index in [0.717, 1.165) is 34.0 Å². The van der Waals surface area contributed by atoms with E-state index in [1.807, 2.05) is 6.20 Å².